The van der Waals surface area contributed by atoms with Crippen LogP contribution >= 0.6 is 11.6 Å². The average Bonchev–Trinajstić information content (AvgIpc) is 3.08. The highest BCUT2D eigenvalue weighted by atomic mass is 35.5. The van der Waals surface area contributed by atoms with Gasteiger partial charge >= 0.3 is 12.1 Å². The lowest BCUT2D eigenvalue weighted by Crippen LogP contribution is -2.37. The fourth-order valence-electron chi connectivity index (χ4n) is 3.58. The van der Waals surface area contributed by atoms with E-state index in [0.29, 0.717) is 11.0 Å². The van der Waals surface area contributed by atoms with Gasteiger partial charge in [-0.15, -0.1) is 0 Å². The molecule has 3 aromatic carbocycles. The maximum Gasteiger partial charge on any atom is 0.416 e. The van der Waals surface area contributed by atoms with Crippen molar-refractivity contribution in [2.45, 2.75) is 12.3 Å². The van der Waals surface area contributed by atoms with E-state index in [2.05, 4.69) is 5.32 Å². The third-order valence-corrected chi connectivity index (χ3v) is 5.64. The van der Waals surface area contributed by atoms with Crippen LogP contribution < -0.4 is 5.32 Å². The minimum absolute atomic E-state index is 0.131. The van der Waals surface area contributed by atoms with Gasteiger partial charge in [0.05, 0.1) is 27.4 Å². The number of imide groups is 1. The third-order valence-electron chi connectivity index (χ3n) is 5.31. The van der Waals surface area contributed by atoms with Crippen LogP contribution in [0.5, 0.6) is 0 Å². The molecule has 0 saturated carbocycles. The van der Waals surface area contributed by atoms with Gasteiger partial charge in [0.25, 0.3) is 17.7 Å². The monoisotopic (exact) mass is 516 g/mol. The van der Waals surface area contributed by atoms with E-state index in [1.165, 1.54) is 24.3 Å². The van der Waals surface area contributed by atoms with Crippen molar-refractivity contribution in [2.24, 2.45) is 0 Å². The molecule has 11 heteroatoms. The maximum atomic E-state index is 13.1. The second-order valence-electron chi connectivity index (χ2n) is 7.70. The number of benzene rings is 3. The van der Waals surface area contributed by atoms with Crippen LogP contribution in [0.1, 0.15) is 37.9 Å². The van der Waals surface area contributed by atoms with Crippen LogP contribution in [-0.2, 0) is 20.5 Å². The minimum atomic E-state index is -4.68. The Bertz CT molecular complexity index is 1330. The number of carbonyl (C=O) groups excluding carboxylic acids is 4. The normalized spacial score (nSPS) is 13.8. The largest absolute Gasteiger partial charge is 0.446 e. The van der Waals surface area contributed by atoms with Crippen LogP contribution in [-0.4, -0.2) is 35.1 Å². The number of rotatable bonds is 6. The highest BCUT2D eigenvalue weighted by Gasteiger charge is 2.38. The number of nitrogens with one attached hydrogen (secondary N) is 1. The Morgan fingerprint density at radius 2 is 1.50 bits per heavy atom. The molecule has 0 saturated heterocycles. The lowest BCUT2D eigenvalue weighted by Gasteiger charge is -2.20. The molecular weight excluding hydrogens is 501 g/mol. The number of fused-ring (bicyclic) bond motifs is 1. The van der Waals surface area contributed by atoms with Gasteiger partial charge in [-0.2, -0.15) is 13.2 Å². The molecule has 0 radical (unpaired) electrons. The molecule has 0 spiro atoms. The number of halogens is 4. The summed E-state index contributed by atoms with van der Waals surface area (Å²) in [6.07, 6.45) is -6.29. The van der Waals surface area contributed by atoms with Crippen molar-refractivity contribution < 1.29 is 37.1 Å². The topological polar surface area (TPSA) is 92.8 Å². The molecule has 4 rings (SSSR count). The van der Waals surface area contributed by atoms with E-state index in [1.54, 1.807) is 30.3 Å². The predicted molar refractivity (Wildman–Crippen MR) is 122 cm³/mol. The lowest BCUT2D eigenvalue weighted by atomic mass is 10.1. The molecule has 3 amide bonds. The summed E-state index contributed by atoms with van der Waals surface area (Å²) in [6, 6.07) is 16.1. The zero-order chi connectivity index (χ0) is 26.0. The zero-order valence-electron chi connectivity index (χ0n) is 18.2. The van der Waals surface area contributed by atoms with Crippen molar-refractivity contribution in [3.8, 4) is 0 Å². The first kappa shape index (κ1) is 24.9. The fraction of sp³-hybridized carbons (Fsp3) is 0.120. The van der Waals surface area contributed by atoms with Crippen LogP contribution in [0, 0.1) is 0 Å². The van der Waals surface area contributed by atoms with E-state index in [0.717, 1.165) is 12.1 Å². The molecule has 1 aliphatic rings. The predicted octanol–water partition coefficient (Wildman–Crippen LogP) is 4.88. The standard InChI is InChI=1S/C25H16ClF3N2O5/c26-18-11-10-15(25(27,28)29)12-19(18)30-22(33)21(14-6-2-1-3-7-14)36-20(32)13-31-23(34)16-8-4-5-9-17(16)24(31)35/h1-12,21H,13H2,(H,30,33)/t21-/m1/s1. The quantitative estimate of drug-likeness (QED) is 0.372. The molecule has 0 unspecified atom stereocenters. The highest BCUT2D eigenvalue weighted by molar-refractivity contribution is 6.33. The van der Waals surface area contributed by atoms with Gasteiger partial charge in [0.15, 0.2) is 0 Å². The second kappa shape index (κ2) is 9.82. The molecule has 1 aliphatic heterocycles. The Morgan fingerprint density at radius 3 is 2.08 bits per heavy atom. The smallest absolute Gasteiger partial charge is 0.416 e. The molecule has 1 heterocycles. The summed E-state index contributed by atoms with van der Waals surface area (Å²) < 4.78 is 44.6. The van der Waals surface area contributed by atoms with Crippen molar-refractivity contribution >= 4 is 41.0 Å². The Balaban J connectivity index is 1.55. The summed E-state index contributed by atoms with van der Waals surface area (Å²) in [6.45, 7) is -0.771. The van der Waals surface area contributed by atoms with Gasteiger partial charge in [0, 0.05) is 5.56 Å². The lowest BCUT2D eigenvalue weighted by molar-refractivity contribution is -0.154. The van der Waals surface area contributed by atoms with E-state index in [1.807, 2.05) is 0 Å². The molecule has 0 fully saturated rings. The minimum Gasteiger partial charge on any atom is -0.446 e. The van der Waals surface area contributed by atoms with Crippen LogP contribution in [0.4, 0.5) is 18.9 Å². The van der Waals surface area contributed by atoms with Gasteiger partial charge in [-0.1, -0.05) is 54.1 Å². The first-order valence-electron chi connectivity index (χ1n) is 10.4. The van der Waals surface area contributed by atoms with Gasteiger partial charge in [0.2, 0.25) is 6.10 Å². The van der Waals surface area contributed by atoms with Crippen LogP contribution in [0.3, 0.4) is 0 Å². The van der Waals surface area contributed by atoms with Gasteiger partial charge < -0.3 is 10.1 Å². The summed E-state index contributed by atoms with van der Waals surface area (Å²) >= 11 is 5.97. The van der Waals surface area contributed by atoms with Gasteiger partial charge in [-0.3, -0.25) is 24.1 Å². The number of alkyl halides is 3. The van der Waals surface area contributed by atoms with Crippen molar-refractivity contribution in [2.75, 3.05) is 11.9 Å². The number of amides is 3. The number of hydrogen-bond donors (Lipinski definition) is 1. The van der Waals surface area contributed by atoms with E-state index >= 15 is 0 Å². The molecule has 7 nitrogen and oxygen atoms in total. The van der Waals surface area contributed by atoms with Crippen LogP contribution in [0.25, 0.3) is 0 Å². The number of carbonyl (C=O) groups is 4. The molecule has 1 N–H and O–H groups in total. The highest BCUT2D eigenvalue weighted by Crippen LogP contribution is 2.34. The Kier molecular flexibility index (Phi) is 6.80. The molecule has 36 heavy (non-hydrogen) atoms. The maximum absolute atomic E-state index is 13.1. The molecule has 1 atom stereocenters. The molecule has 0 aromatic heterocycles. The fourth-order valence-corrected chi connectivity index (χ4v) is 3.74. The second-order valence-corrected chi connectivity index (χ2v) is 8.11. The summed E-state index contributed by atoms with van der Waals surface area (Å²) in [5, 5.41) is 2.09. The van der Waals surface area contributed by atoms with Crippen molar-refractivity contribution in [3.05, 3.63) is 100 Å². The zero-order valence-corrected chi connectivity index (χ0v) is 19.0. The number of anilines is 1. The summed E-state index contributed by atoms with van der Waals surface area (Å²) in [7, 11) is 0. The van der Waals surface area contributed by atoms with E-state index in [-0.39, 0.29) is 27.4 Å². The van der Waals surface area contributed by atoms with E-state index in [4.69, 9.17) is 16.3 Å². The number of hydrogen-bond acceptors (Lipinski definition) is 5. The van der Waals surface area contributed by atoms with E-state index in [9.17, 15) is 32.3 Å². The number of esters is 1. The van der Waals surface area contributed by atoms with Gasteiger partial charge in [0.1, 0.15) is 6.54 Å². The molecule has 0 aliphatic carbocycles. The van der Waals surface area contributed by atoms with Crippen molar-refractivity contribution in [3.63, 3.8) is 0 Å². The first-order chi connectivity index (χ1) is 17.1. The van der Waals surface area contributed by atoms with Crippen LogP contribution in [0.2, 0.25) is 5.02 Å². The first-order valence-corrected chi connectivity index (χ1v) is 10.8. The van der Waals surface area contributed by atoms with Gasteiger partial charge in [-0.05, 0) is 30.3 Å². The Morgan fingerprint density at radius 1 is 0.917 bits per heavy atom. The number of nitrogens with zero attached hydrogens (tertiary/aromatic N) is 1. The van der Waals surface area contributed by atoms with E-state index < -0.39 is 48.1 Å². The van der Waals surface area contributed by atoms with Crippen molar-refractivity contribution in [1.82, 2.24) is 4.90 Å². The van der Waals surface area contributed by atoms with Crippen molar-refractivity contribution in [1.29, 1.82) is 0 Å². The van der Waals surface area contributed by atoms with Crippen LogP contribution in [0.15, 0.2) is 72.8 Å². The summed E-state index contributed by atoms with van der Waals surface area (Å²) in [5.41, 5.74) is -0.914. The third kappa shape index (κ3) is 5.08. The summed E-state index contributed by atoms with van der Waals surface area (Å²) in [5.74, 6) is -3.45. The number of ether oxygens (including phenoxy) is 1. The van der Waals surface area contributed by atoms with Gasteiger partial charge in [-0.25, -0.2) is 0 Å². The molecule has 3 aromatic rings. The average molecular weight is 517 g/mol. The SMILES string of the molecule is O=C(CN1C(=O)c2ccccc2C1=O)O[C@@H](C(=O)Nc1cc(C(F)(F)F)ccc1Cl)c1ccccc1. The Labute approximate surface area is 207 Å². The summed E-state index contributed by atoms with van der Waals surface area (Å²) in [4.78, 5) is 51.5. The Hall–Kier alpha value is -4.18. The molecular formula is C25H16ClF3N2O5. The molecule has 0 bridgehead atoms. The molecule has 184 valence electrons.